The van der Waals surface area contributed by atoms with Crippen LogP contribution in [0.4, 0.5) is 0 Å². The van der Waals surface area contributed by atoms with Crippen LogP contribution in [0.3, 0.4) is 0 Å². The van der Waals surface area contributed by atoms with Crippen LogP contribution >= 0.6 is 0 Å². The smallest absolute Gasteiger partial charge is 0.321 e. The van der Waals surface area contributed by atoms with E-state index in [9.17, 15) is 0 Å². The van der Waals surface area contributed by atoms with Crippen molar-refractivity contribution in [2.75, 3.05) is 13.2 Å². The average Bonchev–Trinajstić information content (AvgIpc) is 3.26. The number of unbranched alkanes of at least 4 members (excludes halogenated alkanes) is 2. The van der Waals surface area contributed by atoms with Gasteiger partial charge in [0, 0.05) is 13.2 Å². The molecule has 21 heavy (non-hydrogen) atoms. The zero-order chi connectivity index (χ0) is 14.9. The second-order valence-corrected chi connectivity index (χ2v) is 8.80. The Morgan fingerprint density at radius 2 is 1.67 bits per heavy atom. The summed E-state index contributed by atoms with van der Waals surface area (Å²) >= 11 is 0. The van der Waals surface area contributed by atoms with Gasteiger partial charge in [-0.2, -0.15) is 0 Å². The summed E-state index contributed by atoms with van der Waals surface area (Å²) in [4.78, 5) is 0. The van der Waals surface area contributed by atoms with Gasteiger partial charge in [-0.3, -0.25) is 0 Å². The van der Waals surface area contributed by atoms with Gasteiger partial charge < -0.3 is 13.6 Å². The van der Waals surface area contributed by atoms with Crippen molar-refractivity contribution in [1.29, 1.82) is 0 Å². The lowest BCUT2D eigenvalue weighted by molar-refractivity contribution is 0.189. The van der Waals surface area contributed by atoms with E-state index < -0.39 is 9.28 Å². The van der Waals surface area contributed by atoms with E-state index in [0.717, 1.165) is 19.1 Å². The van der Waals surface area contributed by atoms with Gasteiger partial charge in [0.05, 0.1) is 12.2 Å². The van der Waals surface area contributed by atoms with E-state index in [4.69, 9.17) is 13.6 Å². The minimum Gasteiger partial charge on any atom is -0.397 e. The van der Waals surface area contributed by atoms with Crippen molar-refractivity contribution in [3.63, 3.8) is 0 Å². The van der Waals surface area contributed by atoms with E-state index in [1.165, 1.54) is 63.8 Å². The molecule has 4 heteroatoms. The van der Waals surface area contributed by atoms with E-state index >= 15 is 0 Å². The van der Waals surface area contributed by atoms with Gasteiger partial charge in [-0.05, 0) is 44.1 Å². The van der Waals surface area contributed by atoms with Gasteiger partial charge in [-0.1, -0.05) is 39.5 Å². The molecule has 1 aliphatic heterocycles. The van der Waals surface area contributed by atoms with Crippen LogP contribution < -0.4 is 0 Å². The molecule has 1 saturated heterocycles. The van der Waals surface area contributed by atoms with Crippen LogP contribution in [-0.2, 0) is 13.6 Å². The molecule has 0 aromatic carbocycles. The van der Waals surface area contributed by atoms with E-state index in [1.54, 1.807) is 0 Å². The molecule has 0 bridgehead atoms. The maximum Gasteiger partial charge on any atom is 0.321 e. The number of ether oxygens (including phenoxy) is 1. The molecule has 2 rings (SSSR count). The van der Waals surface area contributed by atoms with Gasteiger partial charge in [0.1, 0.15) is 0 Å². The van der Waals surface area contributed by atoms with Gasteiger partial charge in [0.25, 0.3) is 0 Å². The van der Waals surface area contributed by atoms with Crippen LogP contribution in [0.5, 0.6) is 0 Å². The highest BCUT2D eigenvalue weighted by Crippen LogP contribution is 2.41. The van der Waals surface area contributed by atoms with Crippen LogP contribution in [0.1, 0.15) is 71.6 Å². The molecule has 0 aromatic rings. The maximum atomic E-state index is 6.04. The van der Waals surface area contributed by atoms with Gasteiger partial charge in [0.15, 0.2) is 0 Å². The molecule has 0 amide bonds. The molecule has 1 heterocycles. The molecule has 3 nitrogen and oxygen atoms in total. The summed E-state index contributed by atoms with van der Waals surface area (Å²) in [7, 11) is -1.41. The molecule has 0 aromatic heterocycles. The highest BCUT2D eigenvalue weighted by molar-refractivity contribution is 6.44. The van der Waals surface area contributed by atoms with Crippen LogP contribution in [0.2, 0.25) is 6.04 Å². The normalized spacial score (nSPS) is 27.9. The molecule has 124 valence electrons. The van der Waals surface area contributed by atoms with Crippen molar-refractivity contribution in [2.45, 2.75) is 89.9 Å². The van der Waals surface area contributed by atoms with E-state index in [-0.39, 0.29) is 0 Å². The number of hydrogen-bond donors (Lipinski definition) is 0. The summed E-state index contributed by atoms with van der Waals surface area (Å²) in [6.45, 7) is 6.24. The Hall–Kier alpha value is 0.0969. The third-order valence-corrected chi connectivity index (χ3v) is 6.86. The molecule has 0 spiro atoms. The van der Waals surface area contributed by atoms with Crippen LogP contribution in [0.15, 0.2) is 0 Å². The molecular weight excluding hydrogens is 280 g/mol. The van der Waals surface area contributed by atoms with E-state index in [1.807, 2.05) is 0 Å². The lowest BCUT2D eigenvalue weighted by atomic mass is 9.86. The topological polar surface area (TPSA) is 31.0 Å². The lowest BCUT2D eigenvalue weighted by Crippen LogP contribution is -2.24. The first kappa shape index (κ1) is 17.5. The molecule has 0 N–H and O–H groups in total. The van der Waals surface area contributed by atoms with Crippen LogP contribution in [0, 0.1) is 5.92 Å². The summed E-state index contributed by atoms with van der Waals surface area (Å²) in [6, 6.07) is 1.19. The van der Waals surface area contributed by atoms with Crippen LogP contribution in [-0.4, -0.2) is 34.7 Å². The fourth-order valence-electron chi connectivity index (χ4n) is 3.26. The summed E-state index contributed by atoms with van der Waals surface area (Å²) in [5.41, 5.74) is 0. The second-order valence-electron chi connectivity index (χ2n) is 6.70. The van der Waals surface area contributed by atoms with Crippen molar-refractivity contribution in [3.8, 4) is 0 Å². The van der Waals surface area contributed by atoms with Gasteiger partial charge in [-0.15, -0.1) is 0 Å². The predicted molar refractivity (Wildman–Crippen MR) is 88.9 cm³/mol. The van der Waals surface area contributed by atoms with E-state index in [0.29, 0.717) is 12.2 Å². The van der Waals surface area contributed by atoms with Crippen molar-refractivity contribution < 1.29 is 13.6 Å². The Morgan fingerprint density at radius 1 is 0.952 bits per heavy atom. The van der Waals surface area contributed by atoms with Crippen molar-refractivity contribution >= 4 is 9.28 Å². The minimum absolute atomic E-state index is 0.624. The standard InChI is InChI=1S/C17H34O3Si/c1-3-5-11-18-21(19-12-6-4-2)13-7-8-15-9-10-16-17(14-15)20-16/h15-17,21H,3-14H2,1-2H3. The highest BCUT2D eigenvalue weighted by Gasteiger charge is 2.43. The van der Waals surface area contributed by atoms with Crippen molar-refractivity contribution in [2.24, 2.45) is 5.92 Å². The number of epoxide rings is 1. The number of fused-ring (bicyclic) bond motifs is 1. The molecule has 1 aliphatic carbocycles. The Labute approximate surface area is 132 Å². The molecule has 2 aliphatic rings. The second kappa shape index (κ2) is 9.98. The minimum atomic E-state index is -1.41. The summed E-state index contributed by atoms with van der Waals surface area (Å²) in [5, 5.41) is 0. The molecular formula is C17H34O3Si. The zero-order valence-corrected chi connectivity index (χ0v) is 15.2. The molecule has 1 saturated carbocycles. The fraction of sp³-hybridized carbons (Fsp3) is 1.00. The zero-order valence-electron chi connectivity index (χ0n) is 14.0. The number of rotatable bonds is 12. The number of hydrogen-bond acceptors (Lipinski definition) is 3. The molecule has 3 atom stereocenters. The summed E-state index contributed by atoms with van der Waals surface area (Å²) in [6.07, 6.45) is 12.6. The largest absolute Gasteiger partial charge is 0.397 e. The Kier molecular flexibility index (Phi) is 8.29. The first-order chi connectivity index (χ1) is 10.3. The Bertz CT molecular complexity index is 265. The summed E-state index contributed by atoms with van der Waals surface area (Å²) in [5.74, 6) is 0.898. The Balaban J connectivity index is 1.57. The monoisotopic (exact) mass is 314 g/mol. The third kappa shape index (κ3) is 6.81. The molecule has 0 radical (unpaired) electrons. The SMILES string of the molecule is CCCCO[SiH](CCCC1CCC2OC2C1)OCCCC. The van der Waals surface area contributed by atoms with Gasteiger partial charge >= 0.3 is 9.28 Å². The lowest BCUT2D eigenvalue weighted by Gasteiger charge is -2.20. The Morgan fingerprint density at radius 3 is 2.29 bits per heavy atom. The van der Waals surface area contributed by atoms with Crippen LogP contribution in [0.25, 0.3) is 0 Å². The quantitative estimate of drug-likeness (QED) is 0.307. The van der Waals surface area contributed by atoms with Gasteiger partial charge in [0.2, 0.25) is 0 Å². The molecule has 2 fully saturated rings. The van der Waals surface area contributed by atoms with Crippen molar-refractivity contribution in [3.05, 3.63) is 0 Å². The third-order valence-electron chi connectivity index (χ3n) is 4.77. The van der Waals surface area contributed by atoms with Gasteiger partial charge in [-0.25, -0.2) is 0 Å². The first-order valence-corrected chi connectivity index (χ1v) is 11.0. The molecule has 3 unspecified atom stereocenters. The summed E-state index contributed by atoms with van der Waals surface area (Å²) < 4.78 is 17.7. The maximum absolute atomic E-state index is 6.04. The van der Waals surface area contributed by atoms with E-state index in [2.05, 4.69) is 13.8 Å². The average molecular weight is 315 g/mol. The first-order valence-electron chi connectivity index (χ1n) is 9.22. The fourth-order valence-corrected chi connectivity index (χ4v) is 5.11. The predicted octanol–water partition coefficient (Wildman–Crippen LogP) is 4.19. The van der Waals surface area contributed by atoms with Crippen molar-refractivity contribution in [1.82, 2.24) is 0 Å². The highest BCUT2D eigenvalue weighted by atomic mass is 28.3.